The zero-order chi connectivity index (χ0) is 16.7. The molecule has 0 spiro atoms. The van der Waals surface area contributed by atoms with Crippen LogP contribution in [0.1, 0.15) is 64.7 Å². The minimum absolute atomic E-state index is 0.371. The van der Waals surface area contributed by atoms with E-state index in [9.17, 15) is 4.79 Å². The van der Waals surface area contributed by atoms with Crippen molar-refractivity contribution in [3.8, 4) is 0 Å². The van der Waals surface area contributed by atoms with Gasteiger partial charge in [0.15, 0.2) is 5.78 Å². The van der Waals surface area contributed by atoms with Gasteiger partial charge in [0, 0.05) is 13.5 Å². The highest BCUT2D eigenvalue weighted by molar-refractivity contribution is 5.91. The molecule has 0 radical (unpaired) electrons. The fourth-order valence-corrected chi connectivity index (χ4v) is 6.68. The maximum atomic E-state index is 11.8. The summed E-state index contributed by atoms with van der Waals surface area (Å²) in [5.41, 5.74) is 1.98. The Morgan fingerprint density at radius 3 is 2.88 bits per heavy atom. The molecule has 0 N–H and O–H groups in total. The van der Waals surface area contributed by atoms with E-state index in [0.29, 0.717) is 30.0 Å². The van der Waals surface area contributed by atoms with Gasteiger partial charge < -0.3 is 9.47 Å². The lowest BCUT2D eigenvalue weighted by atomic mass is 9.47. The van der Waals surface area contributed by atoms with Crippen molar-refractivity contribution in [1.82, 2.24) is 0 Å². The quantitative estimate of drug-likeness (QED) is 0.714. The van der Waals surface area contributed by atoms with Gasteiger partial charge >= 0.3 is 0 Å². The van der Waals surface area contributed by atoms with Gasteiger partial charge in [-0.3, -0.25) is 4.79 Å². The predicted octanol–water partition coefficient (Wildman–Crippen LogP) is 4.51. The molecule has 0 amide bonds. The SMILES string of the molecule is COCO[C@H]1CC[C@]2(C)[C@H](CC[C@H]3[C@H]2CCC2=CC(=O)CC[C@@H]23)C1. The van der Waals surface area contributed by atoms with Gasteiger partial charge in [0.2, 0.25) is 0 Å². The number of ether oxygens (including phenoxy) is 2. The molecule has 3 heteroatoms. The molecule has 0 aromatic carbocycles. The van der Waals surface area contributed by atoms with Gasteiger partial charge in [0.25, 0.3) is 0 Å². The number of hydrogen-bond acceptors (Lipinski definition) is 3. The summed E-state index contributed by atoms with van der Waals surface area (Å²) in [7, 11) is 1.71. The second kappa shape index (κ2) is 6.57. The van der Waals surface area contributed by atoms with E-state index in [1.165, 1.54) is 50.5 Å². The Labute approximate surface area is 146 Å². The molecule has 4 aliphatic rings. The van der Waals surface area contributed by atoms with Crippen LogP contribution in [0.4, 0.5) is 0 Å². The van der Waals surface area contributed by atoms with Gasteiger partial charge in [-0.2, -0.15) is 0 Å². The van der Waals surface area contributed by atoms with E-state index in [2.05, 4.69) is 6.92 Å². The summed E-state index contributed by atoms with van der Waals surface area (Å²) in [6, 6.07) is 0. The van der Waals surface area contributed by atoms with Crippen molar-refractivity contribution in [1.29, 1.82) is 0 Å². The molecule has 0 heterocycles. The molecule has 0 bridgehead atoms. The molecule has 24 heavy (non-hydrogen) atoms. The smallest absolute Gasteiger partial charge is 0.155 e. The molecule has 0 saturated heterocycles. The molecule has 134 valence electrons. The van der Waals surface area contributed by atoms with Crippen LogP contribution in [0.3, 0.4) is 0 Å². The number of carbonyl (C=O) groups excluding carboxylic acids is 1. The lowest BCUT2D eigenvalue weighted by molar-refractivity contribution is -0.137. The minimum atomic E-state index is 0.371. The molecule has 4 rings (SSSR count). The third-order valence-corrected chi connectivity index (χ3v) is 7.90. The zero-order valence-electron chi connectivity index (χ0n) is 15.3. The Balaban J connectivity index is 1.50. The van der Waals surface area contributed by atoms with Gasteiger partial charge in [-0.05, 0) is 86.5 Å². The van der Waals surface area contributed by atoms with Crippen LogP contribution in [0.15, 0.2) is 11.6 Å². The number of rotatable bonds is 3. The van der Waals surface area contributed by atoms with E-state index in [-0.39, 0.29) is 0 Å². The summed E-state index contributed by atoms with van der Waals surface area (Å²) in [6.07, 6.45) is 13.2. The number of hydrogen-bond donors (Lipinski definition) is 0. The van der Waals surface area contributed by atoms with Gasteiger partial charge in [0.05, 0.1) is 6.10 Å². The van der Waals surface area contributed by atoms with Gasteiger partial charge in [-0.1, -0.05) is 12.5 Å². The van der Waals surface area contributed by atoms with Crippen molar-refractivity contribution in [3.05, 3.63) is 11.6 Å². The molecule has 0 unspecified atom stereocenters. The highest BCUT2D eigenvalue weighted by atomic mass is 16.7. The minimum Gasteiger partial charge on any atom is -0.359 e. The number of carbonyl (C=O) groups is 1. The van der Waals surface area contributed by atoms with Crippen molar-refractivity contribution in [3.63, 3.8) is 0 Å². The first-order chi connectivity index (χ1) is 11.6. The van der Waals surface area contributed by atoms with E-state index < -0.39 is 0 Å². The topological polar surface area (TPSA) is 35.5 Å². The average molecular weight is 332 g/mol. The van der Waals surface area contributed by atoms with Gasteiger partial charge in [0.1, 0.15) is 6.79 Å². The van der Waals surface area contributed by atoms with Crippen LogP contribution in [0.25, 0.3) is 0 Å². The lowest BCUT2D eigenvalue weighted by Crippen LogP contribution is -2.51. The molecular formula is C21H32O3. The van der Waals surface area contributed by atoms with Crippen molar-refractivity contribution < 1.29 is 14.3 Å². The summed E-state index contributed by atoms with van der Waals surface area (Å²) < 4.78 is 11.0. The fraction of sp³-hybridized carbons (Fsp3) is 0.857. The normalized spacial score (nSPS) is 45.0. The van der Waals surface area contributed by atoms with Gasteiger partial charge in [-0.25, -0.2) is 0 Å². The van der Waals surface area contributed by atoms with Crippen LogP contribution in [-0.2, 0) is 14.3 Å². The lowest BCUT2D eigenvalue weighted by Gasteiger charge is -2.59. The molecular weight excluding hydrogens is 300 g/mol. The van der Waals surface area contributed by atoms with Crippen LogP contribution in [0.2, 0.25) is 0 Å². The molecule has 4 aliphatic carbocycles. The summed E-state index contributed by atoms with van der Waals surface area (Å²) in [6.45, 7) is 3.01. The first-order valence-corrected chi connectivity index (χ1v) is 9.95. The molecule has 3 saturated carbocycles. The van der Waals surface area contributed by atoms with Crippen molar-refractivity contribution in [2.75, 3.05) is 13.9 Å². The van der Waals surface area contributed by atoms with Crippen LogP contribution in [0, 0.1) is 29.1 Å². The van der Waals surface area contributed by atoms with Crippen molar-refractivity contribution >= 4 is 5.78 Å². The monoisotopic (exact) mass is 332 g/mol. The average Bonchev–Trinajstić information content (AvgIpc) is 2.59. The van der Waals surface area contributed by atoms with E-state index in [1.807, 2.05) is 6.08 Å². The van der Waals surface area contributed by atoms with Crippen molar-refractivity contribution in [2.24, 2.45) is 29.1 Å². The molecule has 0 aromatic rings. The third kappa shape index (κ3) is 2.78. The first-order valence-electron chi connectivity index (χ1n) is 9.95. The number of methoxy groups -OCH3 is 1. The van der Waals surface area contributed by atoms with Crippen LogP contribution >= 0.6 is 0 Å². The second-order valence-corrected chi connectivity index (χ2v) is 8.89. The summed E-state index contributed by atoms with van der Waals surface area (Å²) in [4.78, 5) is 11.8. The Hall–Kier alpha value is -0.670. The highest BCUT2D eigenvalue weighted by Gasteiger charge is 2.54. The van der Waals surface area contributed by atoms with E-state index in [1.54, 1.807) is 7.11 Å². The van der Waals surface area contributed by atoms with Gasteiger partial charge in [-0.15, -0.1) is 0 Å². The van der Waals surface area contributed by atoms with E-state index >= 15 is 0 Å². The largest absolute Gasteiger partial charge is 0.359 e. The fourth-order valence-electron chi connectivity index (χ4n) is 6.68. The van der Waals surface area contributed by atoms with E-state index in [0.717, 1.165) is 30.6 Å². The Kier molecular flexibility index (Phi) is 4.59. The summed E-state index contributed by atoms with van der Waals surface area (Å²) in [5.74, 6) is 3.58. The summed E-state index contributed by atoms with van der Waals surface area (Å²) >= 11 is 0. The Morgan fingerprint density at radius 2 is 2.04 bits per heavy atom. The second-order valence-electron chi connectivity index (χ2n) is 8.89. The predicted molar refractivity (Wildman–Crippen MR) is 93.5 cm³/mol. The number of ketones is 1. The van der Waals surface area contributed by atoms with E-state index in [4.69, 9.17) is 9.47 Å². The molecule has 0 aliphatic heterocycles. The number of fused-ring (bicyclic) bond motifs is 5. The molecule has 6 atom stereocenters. The summed E-state index contributed by atoms with van der Waals surface area (Å²) in [5, 5.41) is 0. The zero-order valence-corrected chi connectivity index (χ0v) is 15.3. The number of allylic oxidation sites excluding steroid dienone is 2. The Morgan fingerprint density at radius 1 is 1.17 bits per heavy atom. The highest BCUT2D eigenvalue weighted by Crippen LogP contribution is 2.61. The molecule has 3 fully saturated rings. The maximum absolute atomic E-state index is 11.8. The van der Waals surface area contributed by atoms with Crippen LogP contribution < -0.4 is 0 Å². The first kappa shape index (κ1) is 16.8. The molecule has 0 aromatic heterocycles. The van der Waals surface area contributed by atoms with Crippen molar-refractivity contribution in [2.45, 2.75) is 70.8 Å². The van der Waals surface area contributed by atoms with Crippen LogP contribution in [0.5, 0.6) is 0 Å². The maximum Gasteiger partial charge on any atom is 0.155 e. The standard InChI is InChI=1S/C21H32O3/c1-21-10-9-17(24-13-23-2)12-15(21)4-6-19-18-7-5-16(22)11-14(18)3-8-20(19)21/h11,15,17-20H,3-10,12-13H2,1-2H3/t15-,17+,18+,19-,20-,21-/m1/s1. The third-order valence-electron chi connectivity index (χ3n) is 7.90. The Bertz CT molecular complexity index is 525. The molecule has 3 nitrogen and oxygen atoms in total. The van der Waals surface area contributed by atoms with Crippen LogP contribution in [-0.4, -0.2) is 25.8 Å².